The van der Waals surface area contributed by atoms with Crippen LogP contribution in [0.1, 0.15) is 42.4 Å². The summed E-state index contributed by atoms with van der Waals surface area (Å²) in [6.45, 7) is 2.40. The first-order valence-electron chi connectivity index (χ1n) is 14.2. The first-order valence-corrected chi connectivity index (χ1v) is 14.2. The average molecular weight is 512 g/mol. The summed E-state index contributed by atoms with van der Waals surface area (Å²) in [5.74, 6) is 2.14. The number of rotatable bonds is 6. The number of likely N-dealkylation sites (N-methyl/N-ethyl adjacent to an activating group) is 1. The van der Waals surface area contributed by atoms with Gasteiger partial charge in [-0.05, 0) is 73.7 Å². The highest BCUT2D eigenvalue weighted by atomic mass is 16.6. The second-order valence-electron chi connectivity index (χ2n) is 12.4. The predicted molar refractivity (Wildman–Crippen MR) is 147 cm³/mol. The zero-order valence-electron chi connectivity index (χ0n) is 22.7. The Morgan fingerprint density at radius 1 is 1.00 bits per heavy atom. The zero-order valence-corrected chi connectivity index (χ0v) is 22.7. The minimum Gasteiger partial charge on any atom is -0.493 e. The molecule has 2 spiro atoms. The van der Waals surface area contributed by atoms with Gasteiger partial charge in [-0.15, -0.1) is 0 Å². The van der Waals surface area contributed by atoms with Crippen LogP contribution < -0.4 is 9.47 Å². The van der Waals surface area contributed by atoms with E-state index in [4.69, 9.17) is 18.9 Å². The molecule has 0 N–H and O–H groups in total. The number of ether oxygens (including phenoxy) is 4. The predicted octanol–water partition coefficient (Wildman–Crippen LogP) is 5.51. The molecule has 2 unspecified atom stereocenters. The van der Waals surface area contributed by atoms with Crippen molar-refractivity contribution >= 4 is 10.8 Å². The Hall–Kier alpha value is -2.60. The van der Waals surface area contributed by atoms with E-state index >= 15 is 0 Å². The van der Waals surface area contributed by atoms with Crippen LogP contribution in [0.3, 0.4) is 0 Å². The highest BCUT2D eigenvalue weighted by Crippen LogP contribution is 2.76. The van der Waals surface area contributed by atoms with Crippen molar-refractivity contribution in [3.05, 3.63) is 71.3 Å². The number of methoxy groups -OCH3 is 2. The van der Waals surface area contributed by atoms with Crippen molar-refractivity contribution in [2.45, 2.75) is 61.9 Å². The summed E-state index contributed by atoms with van der Waals surface area (Å²) in [6.07, 6.45) is 5.54. The van der Waals surface area contributed by atoms with Gasteiger partial charge in [-0.1, -0.05) is 48.5 Å². The summed E-state index contributed by atoms with van der Waals surface area (Å²) in [7, 11) is 6.01. The van der Waals surface area contributed by atoms with Crippen molar-refractivity contribution in [1.82, 2.24) is 4.90 Å². The van der Waals surface area contributed by atoms with Gasteiger partial charge in [0.15, 0.2) is 11.5 Å². The van der Waals surface area contributed by atoms with Crippen molar-refractivity contribution < 1.29 is 18.9 Å². The summed E-state index contributed by atoms with van der Waals surface area (Å²) in [4.78, 5) is 2.65. The summed E-state index contributed by atoms with van der Waals surface area (Å²) >= 11 is 0. The number of piperidine rings is 1. The molecule has 5 nitrogen and oxygen atoms in total. The number of benzene rings is 3. The molecule has 4 aliphatic carbocycles. The van der Waals surface area contributed by atoms with Crippen molar-refractivity contribution in [3.63, 3.8) is 0 Å². The normalized spacial score (nSPS) is 36.2. The van der Waals surface area contributed by atoms with Crippen LogP contribution in [0.4, 0.5) is 0 Å². The topological polar surface area (TPSA) is 40.2 Å². The maximum absolute atomic E-state index is 7.09. The summed E-state index contributed by atoms with van der Waals surface area (Å²) in [6, 6.07) is 20.0. The molecular formula is C33H37NO4. The van der Waals surface area contributed by atoms with Crippen LogP contribution in [-0.2, 0) is 27.9 Å². The zero-order chi connectivity index (χ0) is 25.7. The third-order valence-corrected chi connectivity index (χ3v) is 11.4. The SMILES string of the molecule is COc1ccc2c3c1O[C@@H]1C34CCN(C)[C@H](C2)C42CC[C@@]1(OC)[C@@H](COCc1cccc3ccccc13)C2. The maximum Gasteiger partial charge on any atom is 0.165 e. The second-order valence-corrected chi connectivity index (χ2v) is 12.4. The molecular weight excluding hydrogens is 474 g/mol. The molecule has 9 rings (SSSR count). The van der Waals surface area contributed by atoms with E-state index in [1.807, 2.05) is 7.11 Å². The second kappa shape index (κ2) is 7.97. The molecule has 3 aromatic rings. The van der Waals surface area contributed by atoms with E-state index in [1.165, 1.54) is 33.9 Å². The molecule has 1 saturated heterocycles. The van der Waals surface area contributed by atoms with Crippen LogP contribution in [0.25, 0.3) is 10.8 Å². The van der Waals surface area contributed by atoms with E-state index in [0.717, 1.165) is 43.7 Å². The Labute approximate surface area is 225 Å². The van der Waals surface area contributed by atoms with Crippen LogP contribution in [0.2, 0.25) is 0 Å². The molecule has 4 bridgehead atoms. The minimum absolute atomic E-state index is 0.00444. The molecule has 3 aromatic carbocycles. The van der Waals surface area contributed by atoms with Gasteiger partial charge in [-0.3, -0.25) is 0 Å². The third kappa shape index (κ3) is 2.63. The smallest absolute Gasteiger partial charge is 0.165 e. The van der Waals surface area contributed by atoms with Crippen LogP contribution in [-0.4, -0.2) is 57.1 Å². The number of nitrogens with zero attached hydrogens (tertiary/aromatic N) is 1. The Morgan fingerprint density at radius 2 is 1.87 bits per heavy atom. The fraction of sp³-hybridized carbons (Fsp3) is 0.515. The first-order chi connectivity index (χ1) is 18.6. The quantitative estimate of drug-likeness (QED) is 0.437. The van der Waals surface area contributed by atoms with E-state index in [1.54, 1.807) is 7.11 Å². The van der Waals surface area contributed by atoms with Gasteiger partial charge in [0, 0.05) is 35.5 Å². The van der Waals surface area contributed by atoms with E-state index in [-0.39, 0.29) is 28.5 Å². The van der Waals surface area contributed by atoms with Crippen LogP contribution in [0.15, 0.2) is 54.6 Å². The van der Waals surface area contributed by atoms with Gasteiger partial charge in [0.05, 0.1) is 20.3 Å². The molecule has 198 valence electrons. The van der Waals surface area contributed by atoms with Gasteiger partial charge >= 0.3 is 0 Å². The van der Waals surface area contributed by atoms with Gasteiger partial charge in [0.2, 0.25) is 0 Å². The lowest BCUT2D eigenvalue weighted by Crippen LogP contribution is -2.81. The van der Waals surface area contributed by atoms with Crippen LogP contribution in [0.5, 0.6) is 11.5 Å². The fourth-order valence-corrected chi connectivity index (χ4v) is 9.91. The Kier molecular flexibility index (Phi) is 4.89. The Balaban J connectivity index is 1.19. The number of hydrogen-bond donors (Lipinski definition) is 0. The molecule has 0 amide bonds. The summed E-state index contributed by atoms with van der Waals surface area (Å²) in [5.41, 5.74) is 3.94. The van der Waals surface area contributed by atoms with Crippen molar-refractivity contribution in [3.8, 4) is 11.5 Å². The molecule has 5 heteroatoms. The average Bonchev–Trinajstić information content (AvgIpc) is 3.32. The number of fused-ring (bicyclic) bond motifs is 3. The van der Waals surface area contributed by atoms with Crippen molar-refractivity contribution in [2.24, 2.45) is 11.3 Å². The van der Waals surface area contributed by atoms with Gasteiger partial charge in [0.25, 0.3) is 0 Å². The van der Waals surface area contributed by atoms with E-state index in [2.05, 4.69) is 66.5 Å². The fourth-order valence-electron chi connectivity index (χ4n) is 9.91. The van der Waals surface area contributed by atoms with Gasteiger partial charge in [-0.25, -0.2) is 0 Å². The molecule has 0 radical (unpaired) electrons. The maximum atomic E-state index is 7.09. The monoisotopic (exact) mass is 511 g/mol. The lowest BCUT2D eigenvalue weighted by molar-refractivity contribution is -0.282. The number of likely N-dealkylation sites (tertiary alicyclic amines) is 1. The first kappa shape index (κ1) is 23.3. The Bertz CT molecular complexity index is 1430. The summed E-state index contributed by atoms with van der Waals surface area (Å²) in [5, 5.41) is 2.54. The van der Waals surface area contributed by atoms with Crippen molar-refractivity contribution in [1.29, 1.82) is 0 Å². The van der Waals surface area contributed by atoms with Gasteiger partial charge < -0.3 is 23.8 Å². The molecule has 2 heterocycles. The Morgan fingerprint density at radius 3 is 2.74 bits per heavy atom. The van der Waals surface area contributed by atoms with Crippen LogP contribution in [0, 0.1) is 11.3 Å². The van der Waals surface area contributed by atoms with Gasteiger partial charge in [0.1, 0.15) is 11.7 Å². The third-order valence-electron chi connectivity index (χ3n) is 11.4. The molecule has 4 fully saturated rings. The highest BCUT2D eigenvalue weighted by Gasteiger charge is 2.80. The summed E-state index contributed by atoms with van der Waals surface area (Å²) < 4.78 is 26.2. The molecule has 2 aliphatic heterocycles. The van der Waals surface area contributed by atoms with E-state index in [0.29, 0.717) is 19.3 Å². The van der Waals surface area contributed by atoms with E-state index < -0.39 is 0 Å². The lowest BCUT2D eigenvalue weighted by Gasteiger charge is -2.73. The molecule has 6 atom stereocenters. The highest BCUT2D eigenvalue weighted by molar-refractivity contribution is 5.85. The molecule has 3 saturated carbocycles. The minimum atomic E-state index is -0.361. The standard InChI is InChI=1S/C33H37NO4/c1-34-16-15-32-28-22-11-12-26(35-2)29(28)38-30(32)33(36-3)14-13-31(32,27(34)17-22)18-24(33)20-37-19-23-9-6-8-21-7-4-5-10-25(21)23/h4-12,24,27,30H,13-20H2,1-3H3/t24-,27-,30-,31?,32?,33-/m1/s1. The van der Waals surface area contributed by atoms with Gasteiger partial charge in [-0.2, -0.15) is 0 Å². The van der Waals surface area contributed by atoms with Crippen LogP contribution >= 0.6 is 0 Å². The van der Waals surface area contributed by atoms with Crippen molar-refractivity contribution in [2.75, 3.05) is 34.4 Å². The largest absolute Gasteiger partial charge is 0.493 e. The lowest BCUT2D eigenvalue weighted by atomic mass is 9.35. The van der Waals surface area contributed by atoms with E-state index in [9.17, 15) is 0 Å². The molecule has 6 aliphatic rings. The molecule has 38 heavy (non-hydrogen) atoms. The number of hydrogen-bond acceptors (Lipinski definition) is 5. The molecule has 0 aromatic heterocycles.